The van der Waals surface area contributed by atoms with Crippen molar-refractivity contribution in [2.45, 2.75) is 129 Å². The molecule has 0 aromatic heterocycles. The predicted octanol–water partition coefficient (Wildman–Crippen LogP) is 5.63. The van der Waals surface area contributed by atoms with E-state index in [1.54, 1.807) is 6.92 Å². The number of esters is 1. The van der Waals surface area contributed by atoms with E-state index in [0.717, 1.165) is 19.3 Å². The van der Waals surface area contributed by atoms with Crippen LogP contribution >= 0.6 is 0 Å². The van der Waals surface area contributed by atoms with Crippen molar-refractivity contribution in [2.24, 2.45) is 0 Å². The fourth-order valence-electron chi connectivity index (χ4n) is 4.31. The van der Waals surface area contributed by atoms with Crippen molar-refractivity contribution in [1.29, 1.82) is 0 Å². The number of nitrogens with zero attached hydrogens (tertiary/aromatic N) is 1. The molecular formula is C22H41NO3. The quantitative estimate of drug-likeness (QED) is 0.332. The Labute approximate surface area is 161 Å². The number of carbonyl (C=O) groups excluding carboxylic acids is 2. The SMILES string of the molecule is CCCCCCCCCCCC[C@H]1CC[C@@H](OC(C)=O)[C@@H](C)N1C(C)=O. The Morgan fingerprint density at radius 3 is 1.92 bits per heavy atom. The van der Waals surface area contributed by atoms with Crippen LogP contribution in [-0.2, 0) is 14.3 Å². The summed E-state index contributed by atoms with van der Waals surface area (Å²) in [5.41, 5.74) is 0. The zero-order valence-corrected chi connectivity index (χ0v) is 17.6. The summed E-state index contributed by atoms with van der Waals surface area (Å²) in [5.74, 6) is -0.148. The summed E-state index contributed by atoms with van der Waals surface area (Å²) in [6, 6.07) is 0.293. The Hall–Kier alpha value is -1.06. The molecule has 0 bridgehead atoms. The molecule has 0 radical (unpaired) electrons. The molecule has 1 saturated heterocycles. The van der Waals surface area contributed by atoms with Crippen molar-refractivity contribution in [1.82, 2.24) is 4.90 Å². The van der Waals surface area contributed by atoms with Gasteiger partial charge in [-0.25, -0.2) is 0 Å². The molecule has 0 aromatic rings. The standard InChI is InChI=1S/C22H41NO3/c1-5-6-7-8-9-10-11-12-13-14-15-21-16-17-22(26-20(4)25)18(2)23(21)19(3)24/h18,21-22H,5-17H2,1-4H3/t18-,21+,22-/m1/s1. The average molecular weight is 368 g/mol. The fraction of sp³-hybridized carbons (Fsp3) is 0.909. The van der Waals surface area contributed by atoms with Crippen molar-refractivity contribution >= 4 is 11.9 Å². The maximum atomic E-state index is 12.1. The lowest BCUT2D eigenvalue weighted by molar-refractivity contribution is -0.159. The van der Waals surface area contributed by atoms with Crippen LogP contribution in [0.5, 0.6) is 0 Å². The predicted molar refractivity (Wildman–Crippen MR) is 107 cm³/mol. The van der Waals surface area contributed by atoms with Crippen molar-refractivity contribution in [3.05, 3.63) is 0 Å². The van der Waals surface area contributed by atoms with Gasteiger partial charge in [-0.1, -0.05) is 71.1 Å². The molecule has 152 valence electrons. The van der Waals surface area contributed by atoms with Gasteiger partial charge in [0.25, 0.3) is 0 Å². The van der Waals surface area contributed by atoms with E-state index in [9.17, 15) is 9.59 Å². The van der Waals surface area contributed by atoms with Crippen LogP contribution in [0.1, 0.15) is 111 Å². The lowest BCUT2D eigenvalue weighted by atomic mass is 9.90. The summed E-state index contributed by atoms with van der Waals surface area (Å²) in [7, 11) is 0. The third kappa shape index (κ3) is 8.55. The molecule has 1 rings (SSSR count). The van der Waals surface area contributed by atoms with Crippen LogP contribution in [0.2, 0.25) is 0 Å². The van der Waals surface area contributed by atoms with E-state index >= 15 is 0 Å². The largest absolute Gasteiger partial charge is 0.460 e. The van der Waals surface area contributed by atoms with Crippen LogP contribution in [-0.4, -0.2) is 35.0 Å². The maximum absolute atomic E-state index is 12.1. The molecule has 3 atom stereocenters. The zero-order valence-electron chi connectivity index (χ0n) is 17.6. The van der Waals surface area contributed by atoms with Gasteiger partial charge in [0.05, 0.1) is 6.04 Å². The summed E-state index contributed by atoms with van der Waals surface area (Å²) in [6.45, 7) is 7.36. The molecule has 4 heteroatoms. The Morgan fingerprint density at radius 1 is 0.885 bits per heavy atom. The topological polar surface area (TPSA) is 46.6 Å². The van der Waals surface area contributed by atoms with E-state index in [-0.39, 0.29) is 24.0 Å². The smallest absolute Gasteiger partial charge is 0.302 e. The molecule has 0 N–H and O–H groups in total. The van der Waals surface area contributed by atoms with Gasteiger partial charge < -0.3 is 9.64 Å². The van der Waals surface area contributed by atoms with E-state index in [4.69, 9.17) is 4.74 Å². The van der Waals surface area contributed by atoms with Crippen LogP contribution in [0.3, 0.4) is 0 Å². The number of piperidine rings is 1. The van der Waals surface area contributed by atoms with Gasteiger partial charge in [-0.15, -0.1) is 0 Å². The first-order chi connectivity index (χ1) is 12.5. The normalized spacial score (nSPS) is 23.1. The van der Waals surface area contributed by atoms with E-state index in [2.05, 4.69) is 6.92 Å². The van der Waals surface area contributed by atoms with E-state index in [1.807, 2.05) is 11.8 Å². The number of ether oxygens (including phenoxy) is 1. The summed E-state index contributed by atoms with van der Waals surface area (Å²) in [6.07, 6.45) is 16.1. The molecule has 0 spiro atoms. The summed E-state index contributed by atoms with van der Waals surface area (Å²) >= 11 is 0. The third-order valence-corrected chi connectivity index (χ3v) is 5.73. The second-order valence-electron chi connectivity index (χ2n) is 8.02. The first-order valence-electron chi connectivity index (χ1n) is 10.9. The minimum atomic E-state index is -0.251. The minimum Gasteiger partial charge on any atom is -0.460 e. The van der Waals surface area contributed by atoms with Gasteiger partial charge in [0.2, 0.25) is 5.91 Å². The lowest BCUT2D eigenvalue weighted by Gasteiger charge is -2.44. The van der Waals surface area contributed by atoms with Crippen molar-refractivity contribution in [3.63, 3.8) is 0 Å². The minimum absolute atomic E-state index is 0.0155. The van der Waals surface area contributed by atoms with Gasteiger partial charge in [-0.05, 0) is 26.2 Å². The lowest BCUT2D eigenvalue weighted by Crippen LogP contribution is -2.55. The van der Waals surface area contributed by atoms with Crippen molar-refractivity contribution < 1.29 is 14.3 Å². The van der Waals surface area contributed by atoms with Gasteiger partial charge in [0.1, 0.15) is 6.10 Å². The molecule has 1 aliphatic rings. The highest BCUT2D eigenvalue weighted by atomic mass is 16.5. The third-order valence-electron chi connectivity index (χ3n) is 5.73. The molecular weight excluding hydrogens is 326 g/mol. The van der Waals surface area contributed by atoms with Gasteiger partial charge in [-0.2, -0.15) is 0 Å². The van der Waals surface area contributed by atoms with Gasteiger partial charge in [0, 0.05) is 19.9 Å². The number of amides is 1. The maximum Gasteiger partial charge on any atom is 0.302 e. The number of carbonyl (C=O) groups is 2. The first kappa shape index (κ1) is 23.0. The molecule has 26 heavy (non-hydrogen) atoms. The number of hydrogen-bond acceptors (Lipinski definition) is 3. The molecule has 1 aliphatic heterocycles. The Kier molecular flexibility index (Phi) is 11.6. The average Bonchev–Trinajstić information content (AvgIpc) is 2.58. The molecule has 0 aromatic carbocycles. The molecule has 1 amide bonds. The molecule has 1 heterocycles. The molecule has 0 unspecified atom stereocenters. The van der Waals surface area contributed by atoms with Gasteiger partial charge >= 0.3 is 5.97 Å². The second-order valence-corrected chi connectivity index (χ2v) is 8.02. The van der Waals surface area contributed by atoms with Crippen LogP contribution in [0, 0.1) is 0 Å². The first-order valence-corrected chi connectivity index (χ1v) is 10.9. The molecule has 4 nitrogen and oxygen atoms in total. The van der Waals surface area contributed by atoms with Crippen molar-refractivity contribution in [3.8, 4) is 0 Å². The van der Waals surface area contributed by atoms with Crippen LogP contribution in [0.15, 0.2) is 0 Å². The zero-order chi connectivity index (χ0) is 19.4. The second kappa shape index (κ2) is 13.2. The Bertz CT molecular complexity index is 410. The highest BCUT2D eigenvalue weighted by Gasteiger charge is 2.37. The number of hydrogen-bond donors (Lipinski definition) is 0. The Balaban J connectivity index is 2.23. The van der Waals surface area contributed by atoms with Crippen LogP contribution in [0.25, 0.3) is 0 Å². The number of likely N-dealkylation sites (tertiary alicyclic amines) is 1. The van der Waals surface area contributed by atoms with E-state index in [1.165, 1.54) is 71.1 Å². The molecule has 0 aliphatic carbocycles. The summed E-state index contributed by atoms with van der Waals surface area (Å²) in [4.78, 5) is 25.3. The van der Waals surface area contributed by atoms with Gasteiger partial charge in [-0.3, -0.25) is 9.59 Å². The molecule has 0 saturated carbocycles. The monoisotopic (exact) mass is 367 g/mol. The number of unbranched alkanes of at least 4 members (excludes halogenated alkanes) is 9. The highest BCUT2D eigenvalue weighted by molar-refractivity contribution is 5.74. The highest BCUT2D eigenvalue weighted by Crippen LogP contribution is 2.29. The fourth-order valence-corrected chi connectivity index (χ4v) is 4.31. The summed E-state index contributed by atoms with van der Waals surface area (Å²) < 4.78 is 5.40. The van der Waals surface area contributed by atoms with Gasteiger partial charge in [0.15, 0.2) is 0 Å². The summed E-state index contributed by atoms with van der Waals surface area (Å²) in [5, 5.41) is 0. The van der Waals surface area contributed by atoms with E-state index < -0.39 is 0 Å². The van der Waals surface area contributed by atoms with Crippen LogP contribution < -0.4 is 0 Å². The van der Waals surface area contributed by atoms with E-state index in [0.29, 0.717) is 6.04 Å². The Morgan fingerprint density at radius 2 is 1.42 bits per heavy atom. The number of rotatable bonds is 12. The van der Waals surface area contributed by atoms with Crippen LogP contribution in [0.4, 0.5) is 0 Å². The van der Waals surface area contributed by atoms with Crippen molar-refractivity contribution in [2.75, 3.05) is 0 Å². The molecule has 1 fully saturated rings.